The molecule has 0 radical (unpaired) electrons. The fourth-order valence-electron chi connectivity index (χ4n) is 3.36. The largest absolute Gasteiger partial charge is 0.379 e. The van der Waals surface area contributed by atoms with Crippen LogP contribution in [-0.2, 0) is 4.74 Å². The van der Waals surface area contributed by atoms with E-state index in [0.29, 0.717) is 11.8 Å². The van der Waals surface area contributed by atoms with Crippen molar-refractivity contribution in [2.45, 2.75) is 59.5 Å². The summed E-state index contributed by atoms with van der Waals surface area (Å²) in [5.41, 5.74) is 2.76. The minimum absolute atomic E-state index is 0.0376. The predicted octanol–water partition coefficient (Wildman–Crippen LogP) is 4.99. The van der Waals surface area contributed by atoms with Gasteiger partial charge in [0.25, 0.3) is 0 Å². The lowest BCUT2D eigenvalue weighted by atomic mass is 9.57. The van der Waals surface area contributed by atoms with Crippen LogP contribution in [0.2, 0.25) is 0 Å². The summed E-state index contributed by atoms with van der Waals surface area (Å²) in [5.74, 6) is 1.14. The second-order valence-corrected chi connectivity index (χ2v) is 6.88. The van der Waals surface area contributed by atoms with E-state index in [0.717, 1.165) is 0 Å². The number of allylic oxidation sites excluding steroid dienone is 2. The molecule has 0 heterocycles. The van der Waals surface area contributed by atoms with Gasteiger partial charge in [-0.05, 0) is 64.2 Å². The van der Waals surface area contributed by atoms with Crippen LogP contribution >= 0.6 is 0 Å². The molecular formula is C17H30O. The molecule has 1 heteroatoms. The van der Waals surface area contributed by atoms with Crippen LogP contribution in [0.5, 0.6) is 0 Å². The molecule has 1 aliphatic carbocycles. The van der Waals surface area contributed by atoms with Gasteiger partial charge in [-0.2, -0.15) is 0 Å². The van der Waals surface area contributed by atoms with Gasteiger partial charge >= 0.3 is 0 Å². The van der Waals surface area contributed by atoms with Gasteiger partial charge in [0.15, 0.2) is 0 Å². The number of methoxy groups -OCH3 is 1. The van der Waals surface area contributed by atoms with Crippen molar-refractivity contribution in [3.8, 4) is 0 Å². The summed E-state index contributed by atoms with van der Waals surface area (Å²) < 4.78 is 5.68. The van der Waals surface area contributed by atoms with Gasteiger partial charge in [0.2, 0.25) is 0 Å². The predicted molar refractivity (Wildman–Crippen MR) is 79.7 cm³/mol. The highest BCUT2D eigenvalue weighted by Gasteiger charge is 2.44. The van der Waals surface area contributed by atoms with Crippen molar-refractivity contribution in [2.75, 3.05) is 7.11 Å². The average Bonchev–Trinajstić information content (AvgIpc) is 2.28. The maximum absolute atomic E-state index is 5.68. The molecule has 0 bridgehead atoms. The summed E-state index contributed by atoms with van der Waals surface area (Å²) in [5, 5.41) is 0. The number of hydrogen-bond acceptors (Lipinski definition) is 1. The SMILES string of the molecule is C=C(C)[C@@H]1C[C@H](C(C)(C)OC)CC[C@@]1(C)C(=C)C. The second-order valence-electron chi connectivity index (χ2n) is 6.88. The van der Waals surface area contributed by atoms with Crippen molar-refractivity contribution in [3.63, 3.8) is 0 Å². The summed E-state index contributed by atoms with van der Waals surface area (Å²) >= 11 is 0. The van der Waals surface area contributed by atoms with E-state index in [2.05, 4.69) is 47.8 Å². The van der Waals surface area contributed by atoms with E-state index in [1.54, 1.807) is 0 Å². The molecule has 0 spiro atoms. The van der Waals surface area contributed by atoms with E-state index < -0.39 is 0 Å². The molecule has 1 nitrogen and oxygen atoms in total. The molecule has 0 aliphatic heterocycles. The highest BCUT2D eigenvalue weighted by molar-refractivity contribution is 5.18. The van der Waals surface area contributed by atoms with Gasteiger partial charge < -0.3 is 4.74 Å². The Morgan fingerprint density at radius 3 is 2.22 bits per heavy atom. The Balaban J connectivity index is 2.98. The summed E-state index contributed by atoms with van der Waals surface area (Å²) in [4.78, 5) is 0. The monoisotopic (exact) mass is 250 g/mol. The maximum atomic E-state index is 5.68. The molecule has 0 aromatic rings. The van der Waals surface area contributed by atoms with E-state index in [9.17, 15) is 0 Å². The zero-order valence-electron chi connectivity index (χ0n) is 13.1. The quantitative estimate of drug-likeness (QED) is 0.639. The molecule has 1 aliphatic rings. The van der Waals surface area contributed by atoms with Crippen molar-refractivity contribution >= 4 is 0 Å². The molecule has 0 aromatic carbocycles. The van der Waals surface area contributed by atoms with E-state index in [4.69, 9.17) is 4.74 Å². The fourth-order valence-corrected chi connectivity index (χ4v) is 3.36. The van der Waals surface area contributed by atoms with Crippen LogP contribution in [0.25, 0.3) is 0 Å². The Kier molecular flexibility index (Phi) is 4.48. The van der Waals surface area contributed by atoms with Crippen molar-refractivity contribution < 1.29 is 4.74 Å². The maximum Gasteiger partial charge on any atom is 0.0651 e. The molecule has 3 atom stereocenters. The Bertz CT molecular complexity index is 340. The van der Waals surface area contributed by atoms with Gasteiger partial charge in [-0.25, -0.2) is 0 Å². The fraction of sp³-hybridized carbons (Fsp3) is 0.765. The third kappa shape index (κ3) is 2.71. The molecule has 0 amide bonds. The van der Waals surface area contributed by atoms with Gasteiger partial charge in [-0.15, -0.1) is 0 Å². The lowest BCUT2D eigenvalue weighted by Gasteiger charge is -2.49. The van der Waals surface area contributed by atoms with Gasteiger partial charge in [-0.3, -0.25) is 0 Å². The van der Waals surface area contributed by atoms with Crippen LogP contribution in [0, 0.1) is 17.3 Å². The summed E-state index contributed by atoms with van der Waals surface area (Å²) in [6.45, 7) is 19.5. The summed E-state index contributed by atoms with van der Waals surface area (Å²) in [7, 11) is 1.82. The highest BCUT2D eigenvalue weighted by Crippen LogP contribution is 2.52. The van der Waals surface area contributed by atoms with Crippen molar-refractivity contribution in [1.29, 1.82) is 0 Å². The van der Waals surface area contributed by atoms with E-state index in [1.807, 2.05) is 7.11 Å². The lowest BCUT2D eigenvalue weighted by molar-refractivity contribution is -0.0587. The first-order valence-corrected chi connectivity index (χ1v) is 7.01. The van der Waals surface area contributed by atoms with Crippen molar-refractivity contribution in [2.24, 2.45) is 17.3 Å². The molecule has 1 saturated carbocycles. The van der Waals surface area contributed by atoms with Crippen LogP contribution < -0.4 is 0 Å². The molecule has 18 heavy (non-hydrogen) atoms. The lowest BCUT2D eigenvalue weighted by Crippen LogP contribution is -2.43. The zero-order valence-corrected chi connectivity index (χ0v) is 13.1. The average molecular weight is 250 g/mol. The minimum atomic E-state index is -0.0376. The van der Waals surface area contributed by atoms with Gasteiger partial charge in [0.05, 0.1) is 5.60 Å². The molecule has 1 rings (SSSR count). The Morgan fingerprint density at radius 2 is 1.83 bits per heavy atom. The Labute approximate surface area is 113 Å². The Morgan fingerprint density at radius 1 is 1.28 bits per heavy atom. The summed E-state index contributed by atoms with van der Waals surface area (Å²) in [6.07, 6.45) is 3.57. The number of hydrogen-bond donors (Lipinski definition) is 0. The van der Waals surface area contributed by atoms with Crippen LogP contribution in [0.3, 0.4) is 0 Å². The zero-order chi connectivity index (χ0) is 14.1. The van der Waals surface area contributed by atoms with Crippen LogP contribution in [0.1, 0.15) is 53.9 Å². The number of rotatable bonds is 4. The highest BCUT2D eigenvalue weighted by atomic mass is 16.5. The molecule has 104 valence electrons. The van der Waals surface area contributed by atoms with Gasteiger partial charge in [-0.1, -0.05) is 31.2 Å². The first-order chi connectivity index (χ1) is 8.15. The molecule has 0 unspecified atom stereocenters. The number of ether oxygens (including phenoxy) is 1. The Hall–Kier alpha value is -0.560. The normalized spacial score (nSPS) is 33.2. The van der Waals surface area contributed by atoms with Crippen molar-refractivity contribution in [3.05, 3.63) is 24.3 Å². The molecule has 0 N–H and O–H groups in total. The van der Waals surface area contributed by atoms with Crippen molar-refractivity contribution in [1.82, 2.24) is 0 Å². The van der Waals surface area contributed by atoms with Crippen LogP contribution in [0.4, 0.5) is 0 Å². The van der Waals surface area contributed by atoms with E-state index in [-0.39, 0.29) is 11.0 Å². The third-order valence-electron chi connectivity index (χ3n) is 5.38. The van der Waals surface area contributed by atoms with E-state index >= 15 is 0 Å². The van der Waals surface area contributed by atoms with Gasteiger partial charge in [0.1, 0.15) is 0 Å². The van der Waals surface area contributed by atoms with E-state index in [1.165, 1.54) is 30.4 Å². The van der Waals surface area contributed by atoms with Crippen LogP contribution in [0.15, 0.2) is 24.3 Å². The molecular weight excluding hydrogens is 220 g/mol. The second kappa shape index (κ2) is 5.21. The first kappa shape index (κ1) is 15.5. The third-order valence-corrected chi connectivity index (χ3v) is 5.38. The molecule has 1 fully saturated rings. The topological polar surface area (TPSA) is 9.23 Å². The van der Waals surface area contributed by atoms with Gasteiger partial charge in [0, 0.05) is 7.11 Å². The minimum Gasteiger partial charge on any atom is -0.379 e. The standard InChI is InChI=1S/C17H30O/c1-12(2)15-11-14(16(5,6)18-8)9-10-17(15,7)13(3)4/h14-15H,1,3,9-11H2,2,4-8H3/t14-,15+,17+/m1/s1. The molecule has 0 aromatic heterocycles. The molecule has 0 saturated heterocycles. The first-order valence-electron chi connectivity index (χ1n) is 7.01. The summed E-state index contributed by atoms with van der Waals surface area (Å²) in [6, 6.07) is 0. The smallest absolute Gasteiger partial charge is 0.0651 e. The van der Waals surface area contributed by atoms with Crippen LogP contribution in [-0.4, -0.2) is 12.7 Å².